The van der Waals surface area contributed by atoms with Crippen molar-refractivity contribution in [3.8, 4) is 0 Å². The second-order valence-corrected chi connectivity index (χ2v) is 6.61. The Kier molecular flexibility index (Phi) is 5.01. The average molecular weight is 289 g/mol. The molecule has 21 heavy (non-hydrogen) atoms. The van der Waals surface area contributed by atoms with Crippen molar-refractivity contribution in [1.82, 2.24) is 9.80 Å². The smallest absolute Gasteiger partial charge is 0.253 e. The molecule has 0 bridgehead atoms. The number of carbonyl (C=O) groups is 1. The lowest BCUT2D eigenvalue weighted by atomic mass is 10.1. The number of nitrogens with two attached hydrogens (primary N) is 1. The summed E-state index contributed by atoms with van der Waals surface area (Å²) < 4.78 is 0. The van der Waals surface area contributed by atoms with Crippen molar-refractivity contribution in [1.29, 1.82) is 0 Å². The van der Waals surface area contributed by atoms with Crippen LogP contribution >= 0.6 is 0 Å². The van der Waals surface area contributed by atoms with Crippen molar-refractivity contribution in [3.05, 3.63) is 35.4 Å². The third-order valence-corrected chi connectivity index (χ3v) is 3.90. The summed E-state index contributed by atoms with van der Waals surface area (Å²) in [5.74, 6) is 0.143. The van der Waals surface area contributed by atoms with Gasteiger partial charge >= 0.3 is 0 Å². The zero-order valence-corrected chi connectivity index (χ0v) is 13.4. The fraction of sp³-hybridized carbons (Fsp3) is 0.588. The summed E-state index contributed by atoms with van der Waals surface area (Å²) in [5, 5.41) is 0. The molecule has 1 fully saturated rings. The molecule has 0 spiro atoms. The topological polar surface area (TPSA) is 49.6 Å². The lowest BCUT2D eigenvalue weighted by molar-refractivity contribution is 0.0616. The Labute approximate surface area is 127 Å². The second-order valence-electron chi connectivity index (χ2n) is 6.61. The van der Waals surface area contributed by atoms with E-state index in [9.17, 15) is 4.79 Å². The number of piperazine rings is 1. The average Bonchev–Trinajstić information content (AvgIpc) is 2.46. The predicted molar refractivity (Wildman–Crippen MR) is 86.4 cm³/mol. The third kappa shape index (κ3) is 4.55. The maximum Gasteiger partial charge on any atom is 0.253 e. The van der Waals surface area contributed by atoms with E-state index < -0.39 is 0 Å². The van der Waals surface area contributed by atoms with Gasteiger partial charge in [0, 0.05) is 43.8 Å². The second kappa shape index (κ2) is 6.58. The molecule has 4 nitrogen and oxygen atoms in total. The van der Waals surface area contributed by atoms with Crippen molar-refractivity contribution >= 4 is 5.91 Å². The van der Waals surface area contributed by atoms with Crippen molar-refractivity contribution in [2.45, 2.75) is 32.7 Å². The summed E-state index contributed by atoms with van der Waals surface area (Å²) in [4.78, 5) is 16.8. The number of rotatable bonds is 4. The van der Waals surface area contributed by atoms with Gasteiger partial charge in [-0.3, -0.25) is 9.69 Å². The molecule has 2 N–H and O–H groups in total. The lowest BCUT2D eigenvalue weighted by Crippen LogP contribution is -2.54. The van der Waals surface area contributed by atoms with E-state index in [0.29, 0.717) is 0 Å². The number of hydrogen-bond acceptors (Lipinski definition) is 3. The maximum atomic E-state index is 12.5. The number of carbonyl (C=O) groups excluding carboxylic acids is 1. The van der Waals surface area contributed by atoms with Crippen LogP contribution in [-0.4, -0.2) is 54.0 Å². The highest BCUT2D eigenvalue weighted by molar-refractivity contribution is 5.94. The van der Waals surface area contributed by atoms with E-state index in [1.807, 2.05) is 43.0 Å². The van der Waals surface area contributed by atoms with Crippen molar-refractivity contribution < 1.29 is 4.79 Å². The van der Waals surface area contributed by atoms with Gasteiger partial charge in [-0.15, -0.1) is 0 Å². The Bertz CT molecular complexity index is 468. The first kappa shape index (κ1) is 16.0. The van der Waals surface area contributed by atoms with Crippen LogP contribution in [0.15, 0.2) is 24.3 Å². The molecule has 116 valence electrons. The molecule has 1 amide bonds. The lowest BCUT2D eigenvalue weighted by Gasteiger charge is -2.37. The molecular weight excluding hydrogens is 262 g/mol. The first-order valence-corrected chi connectivity index (χ1v) is 7.78. The highest BCUT2D eigenvalue weighted by atomic mass is 16.2. The number of amides is 1. The molecule has 1 aliphatic heterocycles. The molecule has 4 heteroatoms. The molecule has 0 unspecified atom stereocenters. The van der Waals surface area contributed by atoms with E-state index in [0.717, 1.165) is 44.7 Å². The standard InChI is InChI=1S/C17H27N3O/c1-4-14-5-7-15(8-6-14)16(21)20-11-9-19(10-12-20)13-17(2,3)18/h5-8H,4,9-13,18H2,1-3H3. The summed E-state index contributed by atoms with van der Waals surface area (Å²) in [5.41, 5.74) is 7.94. The van der Waals surface area contributed by atoms with Crippen LogP contribution in [0, 0.1) is 0 Å². The molecule has 0 atom stereocenters. The Morgan fingerprint density at radius 2 is 1.71 bits per heavy atom. The van der Waals surface area contributed by atoms with Gasteiger partial charge < -0.3 is 10.6 Å². The van der Waals surface area contributed by atoms with E-state index in [1.54, 1.807) is 0 Å². The monoisotopic (exact) mass is 289 g/mol. The fourth-order valence-electron chi connectivity index (χ4n) is 2.75. The summed E-state index contributed by atoms with van der Waals surface area (Å²) in [6.45, 7) is 10.4. The molecule has 1 aromatic carbocycles. The van der Waals surface area contributed by atoms with Crippen LogP contribution in [0.3, 0.4) is 0 Å². The van der Waals surface area contributed by atoms with Gasteiger partial charge in [0.2, 0.25) is 0 Å². The molecule has 1 aliphatic rings. The van der Waals surface area contributed by atoms with E-state index in [1.165, 1.54) is 5.56 Å². The minimum Gasteiger partial charge on any atom is -0.336 e. The Morgan fingerprint density at radius 1 is 1.14 bits per heavy atom. The summed E-state index contributed by atoms with van der Waals surface area (Å²) in [7, 11) is 0. The predicted octanol–water partition coefficient (Wildman–Crippen LogP) is 1.74. The Balaban J connectivity index is 1.90. The van der Waals surface area contributed by atoms with Gasteiger partial charge in [0.1, 0.15) is 0 Å². The SMILES string of the molecule is CCc1ccc(C(=O)N2CCN(CC(C)(C)N)CC2)cc1. The zero-order chi connectivity index (χ0) is 15.5. The maximum absolute atomic E-state index is 12.5. The van der Waals surface area contributed by atoms with E-state index in [-0.39, 0.29) is 11.4 Å². The van der Waals surface area contributed by atoms with Crippen LogP contribution in [0.25, 0.3) is 0 Å². The molecule has 0 radical (unpaired) electrons. The highest BCUT2D eigenvalue weighted by Gasteiger charge is 2.24. The molecule has 1 saturated heterocycles. The van der Waals surface area contributed by atoms with Crippen LogP contribution in [0.4, 0.5) is 0 Å². The van der Waals surface area contributed by atoms with Crippen LogP contribution in [0.2, 0.25) is 0 Å². The van der Waals surface area contributed by atoms with Gasteiger partial charge in [-0.2, -0.15) is 0 Å². The van der Waals surface area contributed by atoms with Gasteiger partial charge in [-0.25, -0.2) is 0 Å². The largest absolute Gasteiger partial charge is 0.336 e. The molecule has 2 rings (SSSR count). The minimum absolute atomic E-state index is 0.143. The number of aryl methyl sites for hydroxylation is 1. The summed E-state index contributed by atoms with van der Waals surface area (Å²) in [6, 6.07) is 7.97. The highest BCUT2D eigenvalue weighted by Crippen LogP contribution is 2.12. The molecule has 0 aromatic heterocycles. The Hall–Kier alpha value is -1.39. The molecular formula is C17H27N3O. The number of hydrogen-bond donors (Lipinski definition) is 1. The van der Waals surface area contributed by atoms with Crippen LogP contribution in [0.5, 0.6) is 0 Å². The van der Waals surface area contributed by atoms with Crippen molar-refractivity contribution in [3.63, 3.8) is 0 Å². The molecule has 1 aromatic rings. The van der Waals surface area contributed by atoms with Gasteiger partial charge in [-0.05, 0) is 38.0 Å². The normalized spacial score (nSPS) is 17.0. The van der Waals surface area contributed by atoms with E-state index in [4.69, 9.17) is 5.73 Å². The molecule has 0 saturated carbocycles. The first-order valence-electron chi connectivity index (χ1n) is 7.78. The van der Waals surface area contributed by atoms with Crippen molar-refractivity contribution in [2.24, 2.45) is 5.73 Å². The Morgan fingerprint density at radius 3 is 2.19 bits per heavy atom. The van der Waals surface area contributed by atoms with Crippen LogP contribution in [-0.2, 0) is 6.42 Å². The van der Waals surface area contributed by atoms with Gasteiger partial charge in [0.25, 0.3) is 5.91 Å². The summed E-state index contributed by atoms with van der Waals surface area (Å²) >= 11 is 0. The van der Waals surface area contributed by atoms with Gasteiger partial charge in [0.05, 0.1) is 0 Å². The molecule has 1 heterocycles. The summed E-state index contributed by atoms with van der Waals surface area (Å²) in [6.07, 6.45) is 1.00. The van der Waals surface area contributed by atoms with Gasteiger partial charge in [-0.1, -0.05) is 19.1 Å². The molecule has 0 aliphatic carbocycles. The van der Waals surface area contributed by atoms with Crippen molar-refractivity contribution in [2.75, 3.05) is 32.7 Å². The van der Waals surface area contributed by atoms with E-state index in [2.05, 4.69) is 11.8 Å². The van der Waals surface area contributed by atoms with E-state index >= 15 is 0 Å². The first-order chi connectivity index (χ1) is 9.89. The zero-order valence-electron chi connectivity index (χ0n) is 13.4. The van der Waals surface area contributed by atoms with Crippen LogP contribution in [0.1, 0.15) is 36.7 Å². The van der Waals surface area contributed by atoms with Gasteiger partial charge in [0.15, 0.2) is 0 Å². The number of nitrogens with zero attached hydrogens (tertiary/aromatic N) is 2. The minimum atomic E-state index is -0.178. The third-order valence-electron chi connectivity index (χ3n) is 3.90. The number of benzene rings is 1. The fourth-order valence-corrected chi connectivity index (χ4v) is 2.75. The quantitative estimate of drug-likeness (QED) is 0.918. The van der Waals surface area contributed by atoms with Crippen LogP contribution < -0.4 is 5.73 Å².